The standard InChI is InChI=1S/C15H23ClN2/c1-12-6-4-5-9-18(12)11-13(10-17)14-7-2-3-8-15(14)16/h2-3,7-8,12-13H,4-6,9-11,17H2,1H3. The molecular weight excluding hydrogens is 244 g/mol. The van der Waals surface area contributed by atoms with Gasteiger partial charge in [0.1, 0.15) is 0 Å². The molecule has 0 amide bonds. The van der Waals surface area contributed by atoms with E-state index in [1.807, 2.05) is 18.2 Å². The van der Waals surface area contributed by atoms with Crippen molar-refractivity contribution in [2.75, 3.05) is 19.6 Å². The van der Waals surface area contributed by atoms with Gasteiger partial charge in [-0.2, -0.15) is 0 Å². The number of halogens is 1. The van der Waals surface area contributed by atoms with Crippen LogP contribution < -0.4 is 5.73 Å². The Hall–Kier alpha value is -0.570. The van der Waals surface area contributed by atoms with Crippen molar-refractivity contribution in [3.8, 4) is 0 Å². The van der Waals surface area contributed by atoms with E-state index in [4.69, 9.17) is 17.3 Å². The van der Waals surface area contributed by atoms with Gasteiger partial charge in [-0.15, -0.1) is 0 Å². The number of rotatable bonds is 4. The lowest BCUT2D eigenvalue weighted by molar-refractivity contribution is 0.152. The van der Waals surface area contributed by atoms with Crippen LogP contribution in [-0.2, 0) is 0 Å². The minimum atomic E-state index is 0.347. The predicted octanol–water partition coefficient (Wildman–Crippen LogP) is 3.26. The van der Waals surface area contributed by atoms with Crippen LogP contribution in [0.3, 0.4) is 0 Å². The maximum Gasteiger partial charge on any atom is 0.0441 e. The van der Waals surface area contributed by atoms with Gasteiger partial charge in [-0.25, -0.2) is 0 Å². The summed E-state index contributed by atoms with van der Waals surface area (Å²) in [6.07, 6.45) is 3.97. The summed E-state index contributed by atoms with van der Waals surface area (Å²) in [6.45, 7) is 5.20. The van der Waals surface area contributed by atoms with Crippen molar-refractivity contribution in [3.05, 3.63) is 34.9 Å². The minimum Gasteiger partial charge on any atom is -0.330 e. The van der Waals surface area contributed by atoms with Crippen LogP contribution in [0.4, 0.5) is 0 Å². The van der Waals surface area contributed by atoms with E-state index >= 15 is 0 Å². The van der Waals surface area contributed by atoms with E-state index in [0.29, 0.717) is 18.5 Å². The lowest BCUT2D eigenvalue weighted by Crippen LogP contribution is -2.41. The zero-order valence-corrected chi connectivity index (χ0v) is 11.9. The summed E-state index contributed by atoms with van der Waals surface area (Å²) in [4.78, 5) is 2.56. The molecule has 0 aromatic heterocycles. The highest BCUT2D eigenvalue weighted by molar-refractivity contribution is 6.31. The van der Waals surface area contributed by atoms with Crippen LogP contribution in [-0.4, -0.2) is 30.6 Å². The molecule has 1 aromatic carbocycles. The van der Waals surface area contributed by atoms with E-state index in [2.05, 4.69) is 17.9 Å². The van der Waals surface area contributed by atoms with E-state index in [1.54, 1.807) is 0 Å². The molecule has 0 aliphatic carbocycles. The number of nitrogens with two attached hydrogens (primary N) is 1. The molecule has 1 aliphatic rings. The highest BCUT2D eigenvalue weighted by atomic mass is 35.5. The van der Waals surface area contributed by atoms with Crippen molar-refractivity contribution < 1.29 is 0 Å². The van der Waals surface area contributed by atoms with E-state index in [-0.39, 0.29) is 0 Å². The molecule has 0 saturated carbocycles. The maximum atomic E-state index is 6.28. The highest BCUT2D eigenvalue weighted by Crippen LogP contribution is 2.27. The second kappa shape index (κ2) is 6.55. The minimum absolute atomic E-state index is 0.347. The van der Waals surface area contributed by atoms with Gasteiger partial charge in [0.15, 0.2) is 0 Å². The van der Waals surface area contributed by atoms with Crippen LogP contribution in [0.25, 0.3) is 0 Å². The Balaban J connectivity index is 2.07. The molecule has 0 radical (unpaired) electrons. The third-order valence-corrected chi connectivity index (χ3v) is 4.37. The first-order chi connectivity index (χ1) is 8.72. The molecule has 1 aliphatic heterocycles. The summed E-state index contributed by atoms with van der Waals surface area (Å²) in [5, 5.41) is 0.845. The second-order valence-corrected chi connectivity index (χ2v) is 5.70. The molecule has 100 valence electrons. The van der Waals surface area contributed by atoms with Crippen molar-refractivity contribution in [1.29, 1.82) is 0 Å². The highest BCUT2D eigenvalue weighted by Gasteiger charge is 2.22. The molecule has 1 aromatic rings. The topological polar surface area (TPSA) is 29.3 Å². The molecule has 0 bridgehead atoms. The monoisotopic (exact) mass is 266 g/mol. The molecule has 1 heterocycles. The summed E-state index contributed by atoms with van der Waals surface area (Å²) in [6, 6.07) is 8.76. The third kappa shape index (κ3) is 3.25. The second-order valence-electron chi connectivity index (χ2n) is 5.29. The first-order valence-electron chi connectivity index (χ1n) is 6.91. The fraction of sp³-hybridized carbons (Fsp3) is 0.600. The Labute approximate surface area is 115 Å². The van der Waals surface area contributed by atoms with Gasteiger partial charge in [0.25, 0.3) is 0 Å². The van der Waals surface area contributed by atoms with E-state index in [9.17, 15) is 0 Å². The quantitative estimate of drug-likeness (QED) is 0.906. The fourth-order valence-electron chi connectivity index (χ4n) is 2.82. The van der Waals surface area contributed by atoms with Gasteiger partial charge < -0.3 is 10.6 Å². The van der Waals surface area contributed by atoms with Crippen molar-refractivity contribution in [2.45, 2.75) is 38.1 Å². The van der Waals surface area contributed by atoms with Crippen LogP contribution in [0.15, 0.2) is 24.3 Å². The van der Waals surface area contributed by atoms with E-state index < -0.39 is 0 Å². The van der Waals surface area contributed by atoms with Crippen molar-refractivity contribution in [1.82, 2.24) is 4.90 Å². The maximum absolute atomic E-state index is 6.28. The van der Waals surface area contributed by atoms with Crippen LogP contribution in [0.2, 0.25) is 5.02 Å². The molecule has 3 heteroatoms. The van der Waals surface area contributed by atoms with Gasteiger partial charge >= 0.3 is 0 Å². The van der Waals surface area contributed by atoms with Crippen molar-refractivity contribution >= 4 is 11.6 Å². The van der Waals surface area contributed by atoms with Gasteiger partial charge in [0.05, 0.1) is 0 Å². The third-order valence-electron chi connectivity index (χ3n) is 4.03. The molecule has 18 heavy (non-hydrogen) atoms. The molecule has 1 fully saturated rings. The fourth-order valence-corrected chi connectivity index (χ4v) is 3.11. The summed E-state index contributed by atoms with van der Waals surface area (Å²) >= 11 is 6.28. The molecule has 1 saturated heterocycles. The SMILES string of the molecule is CC1CCCCN1CC(CN)c1ccccc1Cl. The number of benzene rings is 1. The molecule has 0 spiro atoms. The first-order valence-corrected chi connectivity index (χ1v) is 7.28. The smallest absolute Gasteiger partial charge is 0.0441 e. The van der Waals surface area contributed by atoms with E-state index in [0.717, 1.165) is 11.6 Å². The number of piperidine rings is 1. The summed E-state index contributed by atoms with van der Waals surface area (Å²) in [5.74, 6) is 0.347. The van der Waals surface area contributed by atoms with Gasteiger partial charge in [-0.3, -0.25) is 0 Å². The Bertz CT molecular complexity index is 381. The van der Waals surface area contributed by atoms with Crippen LogP contribution in [0.5, 0.6) is 0 Å². The summed E-state index contributed by atoms with van der Waals surface area (Å²) in [7, 11) is 0. The molecule has 2 atom stereocenters. The average molecular weight is 267 g/mol. The lowest BCUT2D eigenvalue weighted by Gasteiger charge is -2.36. The molecule has 2 nitrogen and oxygen atoms in total. The van der Waals surface area contributed by atoms with Gasteiger partial charge in [0.2, 0.25) is 0 Å². The Morgan fingerprint density at radius 2 is 2.17 bits per heavy atom. The predicted molar refractivity (Wildman–Crippen MR) is 78.1 cm³/mol. The number of hydrogen-bond donors (Lipinski definition) is 1. The number of nitrogens with zero attached hydrogens (tertiary/aromatic N) is 1. The van der Waals surface area contributed by atoms with Crippen molar-refractivity contribution in [2.24, 2.45) is 5.73 Å². The van der Waals surface area contributed by atoms with Gasteiger partial charge in [-0.05, 0) is 37.9 Å². The largest absolute Gasteiger partial charge is 0.330 e. The summed E-state index contributed by atoms with van der Waals surface area (Å²) < 4.78 is 0. The Morgan fingerprint density at radius 3 is 2.83 bits per heavy atom. The molecule has 2 N–H and O–H groups in total. The number of hydrogen-bond acceptors (Lipinski definition) is 2. The zero-order valence-electron chi connectivity index (χ0n) is 11.1. The normalized spacial score (nSPS) is 22.9. The van der Waals surface area contributed by atoms with E-state index in [1.165, 1.54) is 31.4 Å². The Kier molecular flexibility index (Phi) is 5.04. The Morgan fingerprint density at radius 1 is 1.39 bits per heavy atom. The zero-order chi connectivity index (χ0) is 13.0. The molecular formula is C15H23ClN2. The average Bonchev–Trinajstić information content (AvgIpc) is 2.39. The molecule has 2 rings (SSSR count). The summed E-state index contributed by atoms with van der Waals surface area (Å²) in [5.41, 5.74) is 7.14. The van der Waals surface area contributed by atoms with Crippen molar-refractivity contribution in [3.63, 3.8) is 0 Å². The molecule has 2 unspecified atom stereocenters. The van der Waals surface area contributed by atoms with Crippen LogP contribution in [0, 0.1) is 0 Å². The van der Waals surface area contributed by atoms with Crippen LogP contribution in [0.1, 0.15) is 37.7 Å². The first kappa shape index (κ1) is 13.9. The lowest BCUT2D eigenvalue weighted by atomic mass is 9.95. The van der Waals surface area contributed by atoms with Gasteiger partial charge in [-0.1, -0.05) is 36.2 Å². The van der Waals surface area contributed by atoms with Gasteiger partial charge in [0, 0.05) is 30.1 Å². The number of likely N-dealkylation sites (tertiary alicyclic amines) is 1. The van der Waals surface area contributed by atoms with Crippen LogP contribution >= 0.6 is 11.6 Å².